The van der Waals surface area contributed by atoms with Gasteiger partial charge in [0, 0.05) is 12.7 Å². The van der Waals surface area contributed by atoms with Gasteiger partial charge in [0.1, 0.15) is 5.84 Å². The van der Waals surface area contributed by atoms with Crippen molar-refractivity contribution < 1.29 is 9.84 Å². The molecule has 1 aliphatic heterocycles. The number of aliphatic imine (C=N–C) groups is 1. The van der Waals surface area contributed by atoms with Gasteiger partial charge in [-0.3, -0.25) is 4.99 Å². The van der Waals surface area contributed by atoms with E-state index in [1.165, 1.54) is 5.56 Å². The molecule has 178 valence electrons. The van der Waals surface area contributed by atoms with E-state index in [0.717, 1.165) is 29.8 Å². The largest absolute Gasteiger partial charge is 0.391 e. The van der Waals surface area contributed by atoms with Crippen molar-refractivity contribution in [2.24, 2.45) is 10.9 Å². The maximum Gasteiger partial charge on any atom is 0.132 e. The summed E-state index contributed by atoms with van der Waals surface area (Å²) in [7, 11) is 1.73. The summed E-state index contributed by atoms with van der Waals surface area (Å²) in [6.45, 7) is 4.92. The molecule has 3 aromatic carbocycles. The molecule has 0 spiro atoms. The number of amidine groups is 1. The number of rotatable bonds is 7. The van der Waals surface area contributed by atoms with Gasteiger partial charge in [0.05, 0.1) is 30.8 Å². The Labute approximate surface area is 203 Å². The van der Waals surface area contributed by atoms with Gasteiger partial charge in [-0.25, -0.2) is 0 Å². The first-order chi connectivity index (χ1) is 16.6. The number of methoxy groups -OCH3 is 1. The molecule has 0 aromatic heterocycles. The molecule has 0 bridgehead atoms. The predicted octanol–water partition coefficient (Wildman–Crippen LogP) is 6.04. The van der Waals surface area contributed by atoms with E-state index < -0.39 is 6.10 Å². The Balaban J connectivity index is 1.93. The van der Waals surface area contributed by atoms with E-state index in [1.54, 1.807) is 7.11 Å². The van der Waals surface area contributed by atoms with Crippen molar-refractivity contribution in [3.63, 3.8) is 0 Å². The summed E-state index contributed by atoms with van der Waals surface area (Å²) in [4.78, 5) is 7.73. The summed E-state index contributed by atoms with van der Waals surface area (Å²) in [5.74, 6) is 1.23. The van der Waals surface area contributed by atoms with Crippen LogP contribution in [0.3, 0.4) is 0 Å². The van der Waals surface area contributed by atoms with Crippen LogP contribution in [0.2, 0.25) is 0 Å². The number of hydrogen-bond donors (Lipinski definition) is 1. The van der Waals surface area contributed by atoms with E-state index in [9.17, 15) is 5.11 Å². The highest BCUT2D eigenvalue weighted by Crippen LogP contribution is 2.43. The van der Waals surface area contributed by atoms with Crippen molar-refractivity contribution in [2.45, 2.75) is 50.9 Å². The van der Waals surface area contributed by atoms with Crippen LogP contribution in [0.4, 0.5) is 0 Å². The van der Waals surface area contributed by atoms with Gasteiger partial charge in [-0.05, 0) is 29.9 Å². The van der Waals surface area contributed by atoms with Gasteiger partial charge in [-0.1, -0.05) is 105 Å². The Bertz CT molecular complexity index is 1040. The van der Waals surface area contributed by atoms with Crippen LogP contribution in [-0.4, -0.2) is 41.7 Å². The summed E-state index contributed by atoms with van der Waals surface area (Å²) in [5.41, 5.74) is 3.40. The van der Waals surface area contributed by atoms with E-state index in [4.69, 9.17) is 9.73 Å². The van der Waals surface area contributed by atoms with Crippen molar-refractivity contribution in [1.82, 2.24) is 4.90 Å². The highest BCUT2D eigenvalue weighted by molar-refractivity contribution is 5.99. The third kappa shape index (κ3) is 5.40. The molecule has 0 saturated carbocycles. The van der Waals surface area contributed by atoms with Crippen LogP contribution < -0.4 is 0 Å². The lowest BCUT2D eigenvalue weighted by molar-refractivity contribution is 0.0164. The minimum absolute atomic E-state index is 0.00659. The second kappa shape index (κ2) is 11.5. The van der Waals surface area contributed by atoms with Crippen molar-refractivity contribution in [1.29, 1.82) is 0 Å². The number of benzene rings is 3. The first kappa shape index (κ1) is 24.2. The van der Waals surface area contributed by atoms with Crippen LogP contribution in [0.25, 0.3) is 0 Å². The number of likely N-dealkylation sites (tertiary alicyclic amines) is 1. The third-order valence-corrected chi connectivity index (χ3v) is 6.73. The standard InChI is InChI=1S/C30H36N2O2/c1-22(2)26(21-34-3)31-30(25-17-11-6-12-18-25)32-27(23-13-7-4-8-14-23)19-20-28(33)29(32)24-15-9-5-10-16-24/h4-18,22,26-29,33H,19-21H2,1-3H3/t26-,27+,28-,29-/m1/s1. The monoisotopic (exact) mass is 456 g/mol. The molecule has 4 heteroatoms. The molecule has 0 unspecified atom stereocenters. The third-order valence-electron chi connectivity index (χ3n) is 6.73. The summed E-state index contributed by atoms with van der Waals surface area (Å²) in [6, 6.07) is 31.3. The summed E-state index contributed by atoms with van der Waals surface area (Å²) in [5, 5.41) is 11.4. The number of nitrogens with zero attached hydrogens (tertiary/aromatic N) is 2. The van der Waals surface area contributed by atoms with Crippen LogP contribution in [-0.2, 0) is 4.74 Å². The lowest BCUT2D eigenvalue weighted by Crippen LogP contribution is -2.48. The van der Waals surface area contributed by atoms with Crippen molar-refractivity contribution in [2.75, 3.05) is 13.7 Å². The van der Waals surface area contributed by atoms with Crippen molar-refractivity contribution in [3.05, 3.63) is 108 Å². The SMILES string of the molecule is COC[C@@H](N=C(c1ccccc1)N1[C@H](c2ccccc2)[C@H](O)CC[C@H]1c1ccccc1)C(C)C. The van der Waals surface area contributed by atoms with Crippen LogP contribution in [0.1, 0.15) is 55.5 Å². The lowest BCUT2D eigenvalue weighted by Gasteiger charge is -2.47. The van der Waals surface area contributed by atoms with Gasteiger partial charge in [0.25, 0.3) is 0 Å². The van der Waals surface area contributed by atoms with E-state index in [1.807, 2.05) is 24.3 Å². The molecular formula is C30H36N2O2. The maximum absolute atomic E-state index is 11.4. The zero-order valence-electron chi connectivity index (χ0n) is 20.4. The summed E-state index contributed by atoms with van der Waals surface area (Å²) in [6.07, 6.45) is 1.11. The van der Waals surface area contributed by atoms with Gasteiger partial charge in [0.2, 0.25) is 0 Å². The van der Waals surface area contributed by atoms with Crippen LogP contribution >= 0.6 is 0 Å². The molecule has 3 aromatic rings. The molecule has 1 saturated heterocycles. The van der Waals surface area contributed by atoms with Crippen LogP contribution in [0.15, 0.2) is 96.0 Å². The Morgan fingerprint density at radius 3 is 2.00 bits per heavy atom. The van der Waals surface area contributed by atoms with E-state index in [0.29, 0.717) is 12.5 Å². The fraction of sp³-hybridized carbons (Fsp3) is 0.367. The van der Waals surface area contributed by atoms with E-state index >= 15 is 0 Å². The Hall–Kier alpha value is -2.95. The lowest BCUT2D eigenvalue weighted by atomic mass is 9.84. The minimum atomic E-state index is -0.490. The molecule has 0 aliphatic carbocycles. The van der Waals surface area contributed by atoms with Gasteiger partial charge in [-0.15, -0.1) is 0 Å². The minimum Gasteiger partial charge on any atom is -0.391 e. The fourth-order valence-corrected chi connectivity index (χ4v) is 4.90. The molecule has 0 amide bonds. The highest BCUT2D eigenvalue weighted by atomic mass is 16.5. The molecule has 1 fully saturated rings. The van der Waals surface area contributed by atoms with Crippen LogP contribution in [0, 0.1) is 5.92 Å². The van der Waals surface area contributed by atoms with Crippen LogP contribution in [0.5, 0.6) is 0 Å². The van der Waals surface area contributed by atoms with E-state index in [2.05, 4.69) is 85.5 Å². The second-order valence-corrected chi connectivity index (χ2v) is 9.42. The highest BCUT2D eigenvalue weighted by Gasteiger charge is 2.40. The molecule has 4 atom stereocenters. The number of aliphatic hydroxyl groups is 1. The smallest absolute Gasteiger partial charge is 0.132 e. The number of aliphatic hydroxyl groups excluding tert-OH is 1. The topological polar surface area (TPSA) is 45.1 Å². The van der Waals surface area contributed by atoms with Gasteiger partial charge >= 0.3 is 0 Å². The molecule has 1 N–H and O–H groups in total. The Kier molecular flexibility index (Phi) is 8.15. The molecule has 4 nitrogen and oxygen atoms in total. The quantitative estimate of drug-likeness (QED) is 0.348. The number of piperidine rings is 1. The average molecular weight is 457 g/mol. The molecule has 1 heterocycles. The predicted molar refractivity (Wildman–Crippen MR) is 139 cm³/mol. The molecule has 34 heavy (non-hydrogen) atoms. The molecule has 4 rings (SSSR count). The zero-order chi connectivity index (χ0) is 23.9. The van der Waals surface area contributed by atoms with Gasteiger partial charge in [-0.2, -0.15) is 0 Å². The Morgan fingerprint density at radius 1 is 0.882 bits per heavy atom. The molecular weight excluding hydrogens is 420 g/mol. The number of ether oxygens (including phenoxy) is 1. The summed E-state index contributed by atoms with van der Waals surface area (Å²) >= 11 is 0. The van der Waals surface area contributed by atoms with Crippen molar-refractivity contribution in [3.8, 4) is 0 Å². The second-order valence-electron chi connectivity index (χ2n) is 9.42. The molecule has 0 radical (unpaired) electrons. The summed E-state index contributed by atoms with van der Waals surface area (Å²) < 4.78 is 5.56. The van der Waals surface area contributed by atoms with Gasteiger partial charge in [0.15, 0.2) is 0 Å². The molecule has 1 aliphatic rings. The first-order valence-corrected chi connectivity index (χ1v) is 12.3. The Morgan fingerprint density at radius 2 is 1.44 bits per heavy atom. The van der Waals surface area contributed by atoms with Gasteiger partial charge < -0.3 is 14.7 Å². The van der Waals surface area contributed by atoms with E-state index in [-0.39, 0.29) is 18.1 Å². The zero-order valence-corrected chi connectivity index (χ0v) is 20.4. The number of hydrogen-bond acceptors (Lipinski definition) is 3. The van der Waals surface area contributed by atoms with Crippen molar-refractivity contribution >= 4 is 5.84 Å². The maximum atomic E-state index is 11.4. The first-order valence-electron chi connectivity index (χ1n) is 12.3. The fourth-order valence-electron chi connectivity index (χ4n) is 4.90. The average Bonchev–Trinajstić information content (AvgIpc) is 2.88. The normalized spacial score (nSPS) is 22.1.